The number of sulfone groups is 1. The normalized spacial score (nSPS) is 17.9. The molecule has 1 saturated heterocycles. The third-order valence-corrected chi connectivity index (χ3v) is 6.53. The highest BCUT2D eigenvalue weighted by atomic mass is 32.2. The SMILES string of the molecule is CCNC(=NCCS(=O)(=O)c1ccccc1)N1CCC(c2ccccc2)C1. The summed E-state index contributed by atoms with van der Waals surface area (Å²) in [6.07, 6.45) is 1.08. The third-order valence-electron chi connectivity index (χ3n) is 4.82. The number of aliphatic imine (C=N–C) groups is 1. The molecule has 6 heteroatoms. The summed E-state index contributed by atoms with van der Waals surface area (Å²) in [6, 6.07) is 19.1. The Labute approximate surface area is 162 Å². The zero-order chi connectivity index (χ0) is 19.1. The maximum atomic E-state index is 12.4. The summed E-state index contributed by atoms with van der Waals surface area (Å²) in [6.45, 7) is 4.88. The molecule has 2 aromatic rings. The molecule has 27 heavy (non-hydrogen) atoms. The molecule has 0 spiro atoms. The van der Waals surface area contributed by atoms with Gasteiger partial charge in [-0.15, -0.1) is 0 Å². The van der Waals surface area contributed by atoms with Crippen LogP contribution in [0.2, 0.25) is 0 Å². The number of hydrogen-bond donors (Lipinski definition) is 1. The molecule has 0 saturated carbocycles. The fourth-order valence-electron chi connectivity index (χ4n) is 3.39. The predicted octanol–water partition coefficient (Wildman–Crippen LogP) is 2.92. The summed E-state index contributed by atoms with van der Waals surface area (Å²) in [7, 11) is -3.30. The Hall–Kier alpha value is -2.34. The number of benzene rings is 2. The first-order valence-corrected chi connectivity index (χ1v) is 11.1. The van der Waals surface area contributed by atoms with Gasteiger partial charge in [0, 0.05) is 25.6 Å². The van der Waals surface area contributed by atoms with E-state index in [0.717, 1.165) is 32.0 Å². The van der Waals surface area contributed by atoms with Crippen LogP contribution >= 0.6 is 0 Å². The topological polar surface area (TPSA) is 61.8 Å². The van der Waals surface area contributed by atoms with Gasteiger partial charge in [-0.2, -0.15) is 0 Å². The second-order valence-electron chi connectivity index (χ2n) is 6.71. The van der Waals surface area contributed by atoms with Crippen LogP contribution in [0.5, 0.6) is 0 Å². The smallest absolute Gasteiger partial charge is 0.193 e. The van der Waals surface area contributed by atoms with Crippen LogP contribution in [-0.2, 0) is 9.84 Å². The van der Waals surface area contributed by atoms with E-state index in [4.69, 9.17) is 0 Å². The van der Waals surface area contributed by atoms with Crippen molar-refractivity contribution in [3.63, 3.8) is 0 Å². The second kappa shape index (κ2) is 9.04. The standard InChI is InChI=1S/C21H27N3O2S/c1-2-22-21(23-14-16-27(25,26)20-11-7-4-8-12-20)24-15-13-19(17-24)18-9-5-3-6-10-18/h3-12,19H,2,13-17H2,1H3,(H,22,23). The fraction of sp³-hybridized carbons (Fsp3) is 0.381. The Bertz CT molecular complexity index is 852. The average molecular weight is 386 g/mol. The van der Waals surface area contributed by atoms with E-state index in [-0.39, 0.29) is 12.3 Å². The summed E-state index contributed by atoms with van der Waals surface area (Å²) in [4.78, 5) is 7.18. The quantitative estimate of drug-likeness (QED) is 0.613. The van der Waals surface area contributed by atoms with E-state index in [2.05, 4.69) is 39.5 Å². The summed E-state index contributed by atoms with van der Waals surface area (Å²) in [5.74, 6) is 1.31. The molecule has 0 bridgehead atoms. The van der Waals surface area contributed by atoms with Gasteiger partial charge in [0.15, 0.2) is 15.8 Å². The zero-order valence-corrected chi connectivity index (χ0v) is 16.5. The van der Waals surface area contributed by atoms with Crippen molar-refractivity contribution in [3.05, 3.63) is 66.2 Å². The lowest BCUT2D eigenvalue weighted by atomic mass is 9.99. The van der Waals surface area contributed by atoms with Crippen molar-refractivity contribution in [3.8, 4) is 0 Å². The minimum absolute atomic E-state index is 0.0157. The molecule has 0 radical (unpaired) electrons. The summed E-state index contributed by atoms with van der Waals surface area (Å²) >= 11 is 0. The average Bonchev–Trinajstić information content (AvgIpc) is 3.19. The fourth-order valence-corrected chi connectivity index (χ4v) is 4.53. The summed E-state index contributed by atoms with van der Waals surface area (Å²) < 4.78 is 24.9. The molecule has 3 rings (SSSR count). The molecule has 1 unspecified atom stereocenters. The first kappa shape index (κ1) is 19.4. The lowest BCUT2D eigenvalue weighted by molar-refractivity contribution is 0.487. The van der Waals surface area contributed by atoms with Crippen LogP contribution in [-0.4, -0.2) is 51.2 Å². The van der Waals surface area contributed by atoms with E-state index in [1.165, 1.54) is 5.56 Å². The Morgan fingerprint density at radius 3 is 2.44 bits per heavy atom. The molecule has 0 aliphatic carbocycles. The molecule has 0 aromatic heterocycles. The highest BCUT2D eigenvalue weighted by Gasteiger charge is 2.26. The molecule has 5 nitrogen and oxygen atoms in total. The number of rotatable bonds is 6. The Kier molecular flexibility index (Phi) is 6.50. The van der Waals surface area contributed by atoms with Gasteiger partial charge in [0.25, 0.3) is 0 Å². The van der Waals surface area contributed by atoms with Crippen LogP contribution in [0.3, 0.4) is 0 Å². The first-order chi connectivity index (χ1) is 13.1. The molecule has 0 amide bonds. The molecule has 144 valence electrons. The van der Waals surface area contributed by atoms with Crippen LogP contribution in [0.15, 0.2) is 70.6 Å². The van der Waals surface area contributed by atoms with Crippen molar-refractivity contribution in [1.29, 1.82) is 0 Å². The monoisotopic (exact) mass is 385 g/mol. The molecule has 2 aromatic carbocycles. The van der Waals surface area contributed by atoms with Gasteiger partial charge in [-0.1, -0.05) is 48.5 Å². The van der Waals surface area contributed by atoms with Crippen molar-refractivity contribution in [2.75, 3.05) is 31.9 Å². The largest absolute Gasteiger partial charge is 0.357 e. The molecule has 1 atom stereocenters. The van der Waals surface area contributed by atoms with Gasteiger partial charge < -0.3 is 10.2 Å². The van der Waals surface area contributed by atoms with Gasteiger partial charge in [0.1, 0.15) is 0 Å². The molecule has 1 aliphatic rings. The number of hydrogen-bond acceptors (Lipinski definition) is 3. The van der Waals surface area contributed by atoms with E-state index in [1.807, 2.05) is 19.1 Å². The number of nitrogens with zero attached hydrogens (tertiary/aromatic N) is 2. The third kappa shape index (κ3) is 5.10. The molecule has 1 N–H and O–H groups in total. The zero-order valence-electron chi connectivity index (χ0n) is 15.7. The van der Waals surface area contributed by atoms with Crippen molar-refractivity contribution in [1.82, 2.24) is 10.2 Å². The maximum Gasteiger partial charge on any atom is 0.193 e. The Morgan fingerprint density at radius 2 is 1.78 bits per heavy atom. The maximum absolute atomic E-state index is 12.4. The number of likely N-dealkylation sites (tertiary alicyclic amines) is 1. The van der Waals surface area contributed by atoms with E-state index >= 15 is 0 Å². The predicted molar refractivity (Wildman–Crippen MR) is 110 cm³/mol. The minimum atomic E-state index is -3.30. The first-order valence-electron chi connectivity index (χ1n) is 9.46. The highest BCUT2D eigenvalue weighted by Crippen LogP contribution is 2.26. The number of nitrogens with one attached hydrogen (secondary N) is 1. The number of guanidine groups is 1. The molecular formula is C21H27N3O2S. The van der Waals surface area contributed by atoms with Crippen LogP contribution in [0.4, 0.5) is 0 Å². The lowest BCUT2D eigenvalue weighted by Crippen LogP contribution is -2.40. The van der Waals surface area contributed by atoms with E-state index in [9.17, 15) is 8.42 Å². The Balaban J connectivity index is 1.63. The minimum Gasteiger partial charge on any atom is -0.357 e. The summed E-state index contributed by atoms with van der Waals surface area (Å²) in [5.41, 5.74) is 1.35. The van der Waals surface area contributed by atoms with E-state index < -0.39 is 9.84 Å². The second-order valence-corrected chi connectivity index (χ2v) is 8.82. The van der Waals surface area contributed by atoms with Crippen LogP contribution in [0.1, 0.15) is 24.8 Å². The van der Waals surface area contributed by atoms with Crippen LogP contribution in [0, 0.1) is 0 Å². The van der Waals surface area contributed by atoms with Gasteiger partial charge in [-0.05, 0) is 31.0 Å². The van der Waals surface area contributed by atoms with Gasteiger partial charge in [-0.25, -0.2) is 8.42 Å². The van der Waals surface area contributed by atoms with Gasteiger partial charge in [0.05, 0.1) is 17.2 Å². The van der Waals surface area contributed by atoms with Gasteiger partial charge >= 0.3 is 0 Å². The van der Waals surface area contributed by atoms with Crippen molar-refractivity contribution < 1.29 is 8.42 Å². The van der Waals surface area contributed by atoms with Crippen LogP contribution in [0.25, 0.3) is 0 Å². The molecule has 1 aliphatic heterocycles. The van der Waals surface area contributed by atoms with E-state index in [0.29, 0.717) is 10.8 Å². The van der Waals surface area contributed by atoms with Crippen molar-refractivity contribution in [2.24, 2.45) is 4.99 Å². The Morgan fingerprint density at radius 1 is 1.11 bits per heavy atom. The van der Waals surface area contributed by atoms with Gasteiger partial charge in [-0.3, -0.25) is 4.99 Å². The van der Waals surface area contributed by atoms with Crippen molar-refractivity contribution >= 4 is 15.8 Å². The highest BCUT2D eigenvalue weighted by molar-refractivity contribution is 7.91. The van der Waals surface area contributed by atoms with Gasteiger partial charge in [0.2, 0.25) is 0 Å². The molecular weight excluding hydrogens is 358 g/mol. The molecule has 1 heterocycles. The lowest BCUT2D eigenvalue weighted by Gasteiger charge is -2.21. The summed E-state index contributed by atoms with van der Waals surface area (Å²) in [5, 5.41) is 3.30. The van der Waals surface area contributed by atoms with Crippen LogP contribution < -0.4 is 5.32 Å². The molecule has 1 fully saturated rings. The van der Waals surface area contributed by atoms with Crippen molar-refractivity contribution in [2.45, 2.75) is 24.2 Å². The van der Waals surface area contributed by atoms with E-state index in [1.54, 1.807) is 24.3 Å².